The number of hydrogen-bond donors (Lipinski definition) is 0. The van der Waals surface area contributed by atoms with E-state index in [1.165, 1.54) is 82.3 Å². The molecule has 0 bridgehead atoms. The zero-order chi connectivity index (χ0) is 28.5. The molecule has 1 aliphatic rings. The Kier molecular flexibility index (Phi) is 5.27. The topological polar surface area (TPSA) is 3.24 Å². The average Bonchev–Trinajstić information content (AvgIpc) is 3.08. The fourth-order valence-electron chi connectivity index (χ4n) is 7.59. The van der Waals surface area contributed by atoms with Crippen LogP contribution < -0.4 is 21.3 Å². The molecule has 200 valence electrons. The van der Waals surface area contributed by atoms with Gasteiger partial charge in [-0.1, -0.05) is 139 Å². The fourth-order valence-corrected chi connectivity index (χ4v) is 7.59. The maximum absolute atomic E-state index is 2.43. The molecule has 8 aromatic carbocycles. The molecule has 8 aromatic rings. The van der Waals surface area contributed by atoms with Gasteiger partial charge in [0.15, 0.2) is 0 Å². The molecular weight excluding hydrogens is 517 g/mol. The smallest absolute Gasteiger partial charge is 0.247 e. The Morgan fingerprint density at radius 3 is 1.70 bits per heavy atom. The fraction of sp³-hybridized carbons (Fsp3) is 0.0244. The number of para-hydroxylation sites is 1. The van der Waals surface area contributed by atoms with Gasteiger partial charge in [0.2, 0.25) is 6.71 Å². The second kappa shape index (κ2) is 9.34. The third kappa shape index (κ3) is 3.53. The van der Waals surface area contributed by atoms with Crippen LogP contribution in [0, 0.1) is 0 Å². The molecule has 0 saturated carbocycles. The average molecular weight is 545 g/mol. The first kappa shape index (κ1) is 24.3. The first-order chi connectivity index (χ1) is 21.3. The Hall–Kier alpha value is -5.34. The highest BCUT2D eigenvalue weighted by Gasteiger charge is 2.35. The second-order valence-corrected chi connectivity index (χ2v) is 11.7. The van der Waals surface area contributed by atoms with Crippen LogP contribution in [-0.4, -0.2) is 13.8 Å². The second-order valence-electron chi connectivity index (χ2n) is 11.7. The van der Waals surface area contributed by atoms with E-state index >= 15 is 0 Å². The first-order valence-electron chi connectivity index (χ1n) is 15.0. The maximum atomic E-state index is 2.43. The van der Waals surface area contributed by atoms with Crippen molar-refractivity contribution in [1.29, 1.82) is 0 Å². The van der Waals surface area contributed by atoms with Gasteiger partial charge in [-0.25, -0.2) is 0 Å². The summed E-state index contributed by atoms with van der Waals surface area (Å²) in [4.78, 5) is 2.39. The van der Waals surface area contributed by atoms with Gasteiger partial charge in [-0.2, -0.15) is 0 Å². The van der Waals surface area contributed by atoms with Crippen molar-refractivity contribution in [2.24, 2.45) is 0 Å². The lowest BCUT2D eigenvalue weighted by Crippen LogP contribution is -2.57. The highest BCUT2D eigenvalue weighted by atomic mass is 15.1. The Labute approximate surface area is 252 Å². The third-order valence-corrected chi connectivity index (χ3v) is 9.48. The summed E-state index contributed by atoms with van der Waals surface area (Å²) < 4.78 is 0. The van der Waals surface area contributed by atoms with Crippen LogP contribution in [0.3, 0.4) is 0 Å². The van der Waals surface area contributed by atoms with E-state index in [0.717, 1.165) is 0 Å². The van der Waals surface area contributed by atoms with Crippen molar-refractivity contribution in [3.63, 3.8) is 0 Å². The van der Waals surface area contributed by atoms with Gasteiger partial charge in [0.25, 0.3) is 0 Å². The monoisotopic (exact) mass is 545 g/mol. The van der Waals surface area contributed by atoms with E-state index in [1.54, 1.807) is 0 Å². The van der Waals surface area contributed by atoms with Gasteiger partial charge in [-0.15, -0.1) is 0 Å². The predicted molar refractivity (Wildman–Crippen MR) is 187 cm³/mol. The van der Waals surface area contributed by atoms with Crippen molar-refractivity contribution in [1.82, 2.24) is 0 Å². The van der Waals surface area contributed by atoms with Crippen molar-refractivity contribution < 1.29 is 0 Å². The van der Waals surface area contributed by atoms with E-state index in [1.807, 2.05) is 0 Å². The summed E-state index contributed by atoms with van der Waals surface area (Å²) in [5.74, 6) is 0. The molecule has 0 amide bonds. The van der Waals surface area contributed by atoms with Gasteiger partial charge in [-0.3, -0.25) is 0 Å². The van der Waals surface area contributed by atoms with E-state index in [0.29, 0.717) is 0 Å². The van der Waals surface area contributed by atoms with Crippen LogP contribution in [0.5, 0.6) is 0 Å². The van der Waals surface area contributed by atoms with Crippen molar-refractivity contribution >= 4 is 66.8 Å². The van der Waals surface area contributed by atoms with E-state index in [4.69, 9.17) is 0 Å². The summed E-state index contributed by atoms with van der Waals surface area (Å²) in [7, 11) is 2.22. The van der Waals surface area contributed by atoms with Crippen molar-refractivity contribution in [2.45, 2.75) is 0 Å². The Morgan fingerprint density at radius 2 is 1.02 bits per heavy atom. The molecular formula is C41H28BN. The first-order valence-corrected chi connectivity index (χ1v) is 15.0. The number of benzene rings is 8. The maximum Gasteiger partial charge on any atom is 0.247 e. The van der Waals surface area contributed by atoms with Crippen molar-refractivity contribution in [3.8, 4) is 22.3 Å². The molecule has 1 heterocycles. The molecule has 0 N–H and O–H groups in total. The van der Waals surface area contributed by atoms with Gasteiger partial charge in [0.1, 0.15) is 0 Å². The lowest BCUT2D eigenvalue weighted by molar-refractivity contribution is 1.22. The molecule has 0 atom stereocenters. The molecule has 0 radical (unpaired) electrons. The Bertz CT molecular complexity index is 2230. The molecule has 1 aliphatic heterocycles. The standard InChI is InChI=1S/C41H28BN/c1-43-37-20-12-11-19-36(37)42(30-17-9-4-10-18-30)41-33-24-23-32-35(28-15-7-3-8-16-28)26-34(27-13-5-2-6-14-27)31-22-21-29(25-38(41)43)39(33)40(31)32/h2-26H,1H3. The number of fused-ring (bicyclic) bond motifs is 3. The minimum absolute atomic E-state index is 0.148. The SMILES string of the molecule is CN1c2ccccc2B(c2ccccc2)c2c1cc1ccc3c(-c4ccccc4)cc(-c4ccccc4)c4ccc2c1c34. The Morgan fingerprint density at radius 1 is 0.465 bits per heavy atom. The number of anilines is 2. The van der Waals surface area contributed by atoms with Crippen LogP contribution in [0.4, 0.5) is 11.4 Å². The molecule has 0 fully saturated rings. The van der Waals surface area contributed by atoms with E-state index in [-0.39, 0.29) is 6.71 Å². The lowest BCUT2D eigenvalue weighted by Gasteiger charge is -2.36. The van der Waals surface area contributed by atoms with E-state index in [2.05, 4.69) is 164 Å². The summed E-state index contributed by atoms with van der Waals surface area (Å²) in [5.41, 5.74) is 11.7. The van der Waals surface area contributed by atoms with Crippen LogP contribution in [0.2, 0.25) is 0 Å². The highest BCUT2D eigenvalue weighted by molar-refractivity contribution is 6.99. The molecule has 0 spiro atoms. The molecule has 0 aromatic heterocycles. The molecule has 0 aliphatic carbocycles. The van der Waals surface area contributed by atoms with Crippen LogP contribution in [-0.2, 0) is 0 Å². The minimum Gasteiger partial charge on any atom is -0.345 e. The normalized spacial score (nSPS) is 12.7. The Balaban J connectivity index is 1.45. The quantitative estimate of drug-likeness (QED) is 0.159. The van der Waals surface area contributed by atoms with Gasteiger partial charge in [0, 0.05) is 18.4 Å². The zero-order valence-electron chi connectivity index (χ0n) is 24.0. The molecule has 9 rings (SSSR count). The van der Waals surface area contributed by atoms with Gasteiger partial charge < -0.3 is 4.90 Å². The zero-order valence-corrected chi connectivity index (χ0v) is 24.0. The van der Waals surface area contributed by atoms with Gasteiger partial charge in [-0.05, 0) is 83.7 Å². The van der Waals surface area contributed by atoms with Crippen LogP contribution >= 0.6 is 0 Å². The molecule has 0 unspecified atom stereocenters. The summed E-state index contributed by atoms with van der Waals surface area (Å²) in [5, 5.41) is 7.95. The number of rotatable bonds is 3. The van der Waals surface area contributed by atoms with Crippen molar-refractivity contribution in [2.75, 3.05) is 11.9 Å². The van der Waals surface area contributed by atoms with Crippen LogP contribution in [0.25, 0.3) is 54.6 Å². The predicted octanol–water partition coefficient (Wildman–Crippen LogP) is 8.52. The lowest BCUT2D eigenvalue weighted by atomic mass is 9.34. The molecule has 43 heavy (non-hydrogen) atoms. The highest BCUT2D eigenvalue weighted by Crippen LogP contribution is 2.45. The largest absolute Gasteiger partial charge is 0.345 e. The van der Waals surface area contributed by atoms with Gasteiger partial charge >= 0.3 is 0 Å². The number of nitrogens with zero attached hydrogens (tertiary/aromatic N) is 1. The number of hydrogen-bond acceptors (Lipinski definition) is 1. The molecule has 2 heteroatoms. The van der Waals surface area contributed by atoms with E-state index < -0.39 is 0 Å². The van der Waals surface area contributed by atoms with E-state index in [9.17, 15) is 0 Å². The van der Waals surface area contributed by atoms with Crippen LogP contribution in [0.1, 0.15) is 0 Å². The third-order valence-electron chi connectivity index (χ3n) is 9.48. The molecule has 0 saturated heterocycles. The summed E-state index contributed by atoms with van der Waals surface area (Å²) in [6.45, 7) is 0.148. The van der Waals surface area contributed by atoms with Crippen molar-refractivity contribution in [3.05, 3.63) is 152 Å². The minimum atomic E-state index is 0.148. The summed E-state index contributed by atoms with van der Waals surface area (Å²) >= 11 is 0. The molecule has 1 nitrogen and oxygen atoms in total. The summed E-state index contributed by atoms with van der Waals surface area (Å²) in [6.07, 6.45) is 0. The summed E-state index contributed by atoms with van der Waals surface area (Å²) in [6, 6.07) is 55.9. The van der Waals surface area contributed by atoms with Crippen LogP contribution in [0.15, 0.2) is 152 Å². The van der Waals surface area contributed by atoms with Gasteiger partial charge in [0.05, 0.1) is 0 Å².